The highest BCUT2D eigenvalue weighted by Crippen LogP contribution is 2.27. The van der Waals surface area contributed by atoms with Crippen LogP contribution in [0.15, 0.2) is 53.1 Å². The van der Waals surface area contributed by atoms with Crippen molar-refractivity contribution in [1.29, 1.82) is 0 Å². The first-order valence-corrected chi connectivity index (χ1v) is 6.16. The largest absolute Gasteiger partial charge is 0.338 e. The van der Waals surface area contributed by atoms with E-state index < -0.39 is 0 Å². The van der Waals surface area contributed by atoms with Gasteiger partial charge in [0.2, 0.25) is 11.7 Å². The summed E-state index contributed by atoms with van der Waals surface area (Å²) >= 11 is 0. The molecule has 0 amide bonds. The lowest BCUT2D eigenvalue weighted by Crippen LogP contribution is -1.95. The zero-order chi connectivity index (χ0) is 13.9. The molecule has 0 atom stereocenters. The van der Waals surface area contributed by atoms with E-state index in [1.807, 2.05) is 30.3 Å². The molecule has 0 saturated carbocycles. The minimum Gasteiger partial charge on any atom is -0.338 e. The number of nitrogens with two attached hydrogens (primary N) is 1. The first-order valence-electron chi connectivity index (χ1n) is 6.16. The molecule has 4 nitrogen and oxygen atoms in total. The molecule has 0 saturated heterocycles. The van der Waals surface area contributed by atoms with Crippen LogP contribution < -0.4 is 5.73 Å². The van der Waals surface area contributed by atoms with Crippen LogP contribution in [0, 0.1) is 5.82 Å². The predicted octanol–water partition coefficient (Wildman–Crippen LogP) is 3.00. The molecule has 20 heavy (non-hydrogen) atoms. The van der Waals surface area contributed by atoms with Gasteiger partial charge >= 0.3 is 0 Å². The lowest BCUT2D eigenvalue weighted by Gasteiger charge is -2.04. The number of hydrogen-bond acceptors (Lipinski definition) is 4. The molecule has 0 bridgehead atoms. The fourth-order valence-electron chi connectivity index (χ4n) is 1.96. The van der Waals surface area contributed by atoms with Crippen LogP contribution in [0.5, 0.6) is 0 Å². The summed E-state index contributed by atoms with van der Waals surface area (Å²) in [5, 5.41) is 3.83. The first-order chi connectivity index (χ1) is 9.78. The Morgan fingerprint density at radius 1 is 1.05 bits per heavy atom. The summed E-state index contributed by atoms with van der Waals surface area (Å²) in [6, 6.07) is 14.0. The zero-order valence-electron chi connectivity index (χ0n) is 10.6. The molecule has 5 heteroatoms. The fraction of sp³-hybridized carbons (Fsp3) is 0.0667. The van der Waals surface area contributed by atoms with Gasteiger partial charge in [-0.15, -0.1) is 0 Å². The highest BCUT2D eigenvalue weighted by atomic mass is 19.1. The summed E-state index contributed by atoms with van der Waals surface area (Å²) in [6.07, 6.45) is 0. The summed E-state index contributed by atoms with van der Waals surface area (Å²) in [6.45, 7) is 0.180. The summed E-state index contributed by atoms with van der Waals surface area (Å²) < 4.78 is 18.9. The number of nitrogens with zero attached hydrogens (tertiary/aromatic N) is 2. The number of hydrogen-bond donors (Lipinski definition) is 1. The molecule has 0 aliphatic carbocycles. The molecule has 2 aromatic carbocycles. The van der Waals surface area contributed by atoms with Gasteiger partial charge in [-0.1, -0.05) is 35.5 Å². The minimum absolute atomic E-state index is 0.180. The number of rotatable bonds is 3. The smallest absolute Gasteiger partial charge is 0.240 e. The summed E-state index contributed by atoms with van der Waals surface area (Å²) in [5.41, 5.74) is 7.42. The third-order valence-electron chi connectivity index (χ3n) is 2.95. The van der Waals surface area contributed by atoms with E-state index in [4.69, 9.17) is 10.3 Å². The van der Waals surface area contributed by atoms with E-state index in [0.717, 1.165) is 5.56 Å². The van der Waals surface area contributed by atoms with Crippen molar-refractivity contribution >= 4 is 0 Å². The molecule has 0 aliphatic rings. The van der Waals surface area contributed by atoms with Crippen molar-refractivity contribution in [1.82, 2.24) is 10.1 Å². The SMILES string of the molecule is NCc1nc(-c2ccc(F)c(-c3ccccc3)c2)no1. The molecule has 3 rings (SSSR count). The van der Waals surface area contributed by atoms with Crippen molar-refractivity contribution < 1.29 is 8.91 Å². The quantitative estimate of drug-likeness (QED) is 0.793. The van der Waals surface area contributed by atoms with Crippen molar-refractivity contribution in [3.05, 3.63) is 60.2 Å². The van der Waals surface area contributed by atoms with Crippen molar-refractivity contribution in [2.24, 2.45) is 5.73 Å². The van der Waals surface area contributed by atoms with Crippen LogP contribution in [0.25, 0.3) is 22.5 Å². The standard InChI is InChI=1S/C15H12FN3O/c16-13-7-6-11(15-18-14(9-17)20-19-15)8-12(13)10-4-2-1-3-5-10/h1-8H,9,17H2. The van der Waals surface area contributed by atoms with Crippen LogP contribution in [0.4, 0.5) is 4.39 Å². The Morgan fingerprint density at radius 2 is 1.85 bits per heavy atom. The lowest BCUT2D eigenvalue weighted by atomic mass is 10.0. The van der Waals surface area contributed by atoms with E-state index >= 15 is 0 Å². The topological polar surface area (TPSA) is 64.9 Å². The van der Waals surface area contributed by atoms with E-state index in [1.165, 1.54) is 6.07 Å². The van der Waals surface area contributed by atoms with Gasteiger partial charge in [-0.2, -0.15) is 4.98 Å². The van der Waals surface area contributed by atoms with Crippen LogP contribution >= 0.6 is 0 Å². The zero-order valence-corrected chi connectivity index (χ0v) is 10.6. The Labute approximate surface area is 115 Å². The molecule has 100 valence electrons. The third-order valence-corrected chi connectivity index (χ3v) is 2.95. The van der Waals surface area contributed by atoms with Crippen molar-refractivity contribution in [3.63, 3.8) is 0 Å². The van der Waals surface area contributed by atoms with Gasteiger partial charge in [0.15, 0.2) is 0 Å². The van der Waals surface area contributed by atoms with Gasteiger partial charge in [-0.3, -0.25) is 0 Å². The summed E-state index contributed by atoms with van der Waals surface area (Å²) in [7, 11) is 0. The average molecular weight is 269 g/mol. The Kier molecular flexibility index (Phi) is 3.26. The van der Waals surface area contributed by atoms with E-state index in [9.17, 15) is 4.39 Å². The van der Waals surface area contributed by atoms with Crippen molar-refractivity contribution in [3.8, 4) is 22.5 Å². The first kappa shape index (κ1) is 12.5. The van der Waals surface area contributed by atoms with Gasteiger partial charge < -0.3 is 10.3 Å². The van der Waals surface area contributed by atoms with E-state index in [-0.39, 0.29) is 12.4 Å². The van der Waals surface area contributed by atoms with Crippen LogP contribution in [-0.2, 0) is 6.54 Å². The molecule has 0 spiro atoms. The normalized spacial score (nSPS) is 10.7. The van der Waals surface area contributed by atoms with Crippen molar-refractivity contribution in [2.45, 2.75) is 6.54 Å². The molecule has 0 unspecified atom stereocenters. The fourth-order valence-corrected chi connectivity index (χ4v) is 1.96. The van der Waals surface area contributed by atoms with Gasteiger partial charge in [0.25, 0.3) is 0 Å². The van der Waals surface area contributed by atoms with E-state index in [2.05, 4.69) is 10.1 Å². The number of aromatic nitrogens is 2. The summed E-state index contributed by atoms with van der Waals surface area (Å²) in [4.78, 5) is 4.14. The molecule has 1 aromatic heterocycles. The molecular weight excluding hydrogens is 257 g/mol. The molecular formula is C15H12FN3O. The average Bonchev–Trinajstić information content (AvgIpc) is 2.97. The van der Waals surface area contributed by atoms with Crippen LogP contribution in [-0.4, -0.2) is 10.1 Å². The maximum atomic E-state index is 14.0. The second kappa shape index (κ2) is 5.22. The maximum absolute atomic E-state index is 14.0. The van der Waals surface area contributed by atoms with Crippen molar-refractivity contribution in [2.75, 3.05) is 0 Å². The van der Waals surface area contributed by atoms with Gasteiger partial charge in [0.1, 0.15) is 5.82 Å². The molecule has 1 heterocycles. The van der Waals surface area contributed by atoms with Gasteiger partial charge in [0.05, 0.1) is 6.54 Å². The number of benzene rings is 2. The Bertz CT molecular complexity index is 725. The molecule has 0 fully saturated rings. The summed E-state index contributed by atoms with van der Waals surface area (Å²) in [5.74, 6) is 0.468. The third kappa shape index (κ3) is 2.31. The highest BCUT2D eigenvalue weighted by Gasteiger charge is 2.11. The minimum atomic E-state index is -0.289. The van der Waals surface area contributed by atoms with Crippen LogP contribution in [0.2, 0.25) is 0 Å². The van der Waals surface area contributed by atoms with Crippen LogP contribution in [0.1, 0.15) is 5.89 Å². The number of halogens is 1. The predicted molar refractivity (Wildman–Crippen MR) is 73.0 cm³/mol. The van der Waals surface area contributed by atoms with E-state index in [1.54, 1.807) is 12.1 Å². The monoisotopic (exact) mass is 269 g/mol. The lowest BCUT2D eigenvalue weighted by molar-refractivity contribution is 0.380. The van der Waals surface area contributed by atoms with Crippen LogP contribution in [0.3, 0.4) is 0 Å². The van der Waals surface area contributed by atoms with Gasteiger partial charge in [-0.25, -0.2) is 4.39 Å². The second-order valence-electron chi connectivity index (χ2n) is 4.28. The van der Waals surface area contributed by atoms with Gasteiger partial charge in [0, 0.05) is 11.1 Å². The second-order valence-corrected chi connectivity index (χ2v) is 4.28. The maximum Gasteiger partial charge on any atom is 0.240 e. The highest BCUT2D eigenvalue weighted by molar-refractivity contribution is 5.70. The Hall–Kier alpha value is -2.53. The van der Waals surface area contributed by atoms with Gasteiger partial charge in [-0.05, 0) is 23.8 Å². The molecule has 0 radical (unpaired) electrons. The Balaban J connectivity index is 2.07. The van der Waals surface area contributed by atoms with E-state index in [0.29, 0.717) is 22.8 Å². The Morgan fingerprint density at radius 3 is 2.55 bits per heavy atom. The molecule has 3 aromatic rings. The molecule has 0 aliphatic heterocycles. The molecule has 2 N–H and O–H groups in total.